The Balaban J connectivity index is 2.09. The summed E-state index contributed by atoms with van der Waals surface area (Å²) in [6.45, 7) is 13.3. The van der Waals surface area contributed by atoms with E-state index in [1.165, 1.54) is 0 Å². The first-order valence-electron chi connectivity index (χ1n) is 10.3. The third kappa shape index (κ3) is 4.07. The lowest BCUT2D eigenvalue weighted by molar-refractivity contribution is 0.0731. The summed E-state index contributed by atoms with van der Waals surface area (Å²) in [5.74, 6) is 0.755. The maximum absolute atomic E-state index is 12.9. The molecule has 0 saturated heterocycles. The summed E-state index contributed by atoms with van der Waals surface area (Å²) >= 11 is 0. The number of rotatable bonds is 6. The standard InChI is InChI=1S/C25H30O4Si/c1-17(2)25(3,4)30(5,6)29-22-16-21(23(26)20-15-11-10-14-19(20)22)24(27)28-18-12-8-7-9-13-18/h7-17,26H,1-6H3. The molecule has 0 fully saturated rings. The molecule has 0 aromatic heterocycles. The zero-order valence-electron chi connectivity index (χ0n) is 18.5. The molecule has 0 spiro atoms. The first-order valence-corrected chi connectivity index (χ1v) is 13.2. The van der Waals surface area contributed by atoms with E-state index in [1.807, 2.05) is 24.3 Å². The highest BCUT2D eigenvalue weighted by Crippen LogP contribution is 2.46. The van der Waals surface area contributed by atoms with E-state index in [0.717, 1.165) is 5.39 Å². The Bertz CT molecular complexity index is 1060. The van der Waals surface area contributed by atoms with Gasteiger partial charge in [-0.25, -0.2) is 4.79 Å². The van der Waals surface area contributed by atoms with E-state index in [2.05, 4.69) is 40.8 Å². The highest BCUT2D eigenvalue weighted by Gasteiger charge is 2.45. The van der Waals surface area contributed by atoms with Gasteiger partial charge in [-0.3, -0.25) is 0 Å². The maximum Gasteiger partial charge on any atom is 0.347 e. The monoisotopic (exact) mass is 422 g/mol. The summed E-state index contributed by atoms with van der Waals surface area (Å²) in [6, 6.07) is 17.9. The van der Waals surface area contributed by atoms with Crippen molar-refractivity contribution in [2.24, 2.45) is 5.92 Å². The lowest BCUT2D eigenvalue weighted by Gasteiger charge is -2.42. The molecule has 0 radical (unpaired) electrons. The zero-order valence-corrected chi connectivity index (χ0v) is 19.5. The fourth-order valence-electron chi connectivity index (χ4n) is 3.32. The van der Waals surface area contributed by atoms with Crippen LogP contribution in [0.1, 0.15) is 38.1 Å². The minimum atomic E-state index is -2.24. The summed E-state index contributed by atoms with van der Waals surface area (Å²) in [7, 11) is -2.24. The molecule has 3 rings (SSSR count). The fourth-order valence-corrected chi connectivity index (χ4v) is 5.69. The number of fused-ring (bicyclic) bond motifs is 1. The van der Waals surface area contributed by atoms with Crippen LogP contribution in [0.25, 0.3) is 10.8 Å². The summed E-state index contributed by atoms with van der Waals surface area (Å²) in [4.78, 5) is 12.9. The molecule has 3 aromatic carbocycles. The van der Waals surface area contributed by atoms with Crippen LogP contribution in [0.2, 0.25) is 18.1 Å². The number of hydrogen-bond donors (Lipinski definition) is 1. The van der Waals surface area contributed by atoms with Crippen LogP contribution in [0.5, 0.6) is 17.2 Å². The van der Waals surface area contributed by atoms with Gasteiger partial charge in [-0.05, 0) is 42.2 Å². The Labute approximate surface area is 179 Å². The maximum atomic E-state index is 12.9. The largest absolute Gasteiger partial charge is 0.543 e. The second kappa shape index (κ2) is 8.15. The molecule has 1 N–H and O–H groups in total. The van der Waals surface area contributed by atoms with Crippen molar-refractivity contribution in [2.75, 3.05) is 0 Å². The van der Waals surface area contributed by atoms with Gasteiger partial charge < -0.3 is 14.3 Å². The van der Waals surface area contributed by atoms with Gasteiger partial charge in [0.05, 0.1) is 0 Å². The molecular weight excluding hydrogens is 392 g/mol. The third-order valence-corrected chi connectivity index (χ3v) is 10.9. The number of ether oxygens (including phenoxy) is 1. The average Bonchev–Trinajstić information content (AvgIpc) is 2.70. The van der Waals surface area contributed by atoms with Crippen molar-refractivity contribution in [1.29, 1.82) is 0 Å². The lowest BCUT2D eigenvalue weighted by Crippen LogP contribution is -2.48. The SMILES string of the molecule is CC(C)C(C)(C)[Si](C)(C)Oc1cc(C(=O)Oc2ccccc2)c(O)c2ccccc12. The molecule has 30 heavy (non-hydrogen) atoms. The summed E-state index contributed by atoms with van der Waals surface area (Å²) in [5.41, 5.74) is 0.0970. The van der Waals surface area contributed by atoms with Crippen LogP contribution >= 0.6 is 0 Å². The molecular formula is C25H30O4Si. The molecule has 0 saturated carbocycles. The molecule has 0 aliphatic carbocycles. The summed E-state index contributed by atoms with van der Waals surface area (Å²) < 4.78 is 12.1. The predicted octanol–water partition coefficient (Wildman–Crippen LogP) is 6.78. The molecule has 0 unspecified atom stereocenters. The lowest BCUT2D eigenvalue weighted by atomic mass is 9.99. The first kappa shape index (κ1) is 21.9. The minimum absolute atomic E-state index is 0.00327. The first-order chi connectivity index (χ1) is 14.0. The number of esters is 1. The Hall–Kier alpha value is -2.79. The molecule has 4 nitrogen and oxygen atoms in total. The molecule has 0 heterocycles. The van der Waals surface area contributed by atoms with Crippen LogP contribution in [-0.2, 0) is 0 Å². The topological polar surface area (TPSA) is 55.8 Å². The number of phenolic OH excluding ortho intramolecular Hbond substituents is 1. The van der Waals surface area contributed by atoms with Gasteiger partial charge in [0.15, 0.2) is 0 Å². The highest BCUT2D eigenvalue weighted by molar-refractivity contribution is 6.75. The van der Waals surface area contributed by atoms with E-state index in [4.69, 9.17) is 9.16 Å². The van der Waals surface area contributed by atoms with E-state index >= 15 is 0 Å². The van der Waals surface area contributed by atoms with E-state index in [0.29, 0.717) is 22.8 Å². The molecule has 0 amide bonds. The minimum Gasteiger partial charge on any atom is -0.543 e. The number of carbonyl (C=O) groups is 1. The summed E-state index contributed by atoms with van der Waals surface area (Å²) in [5, 5.41) is 12.2. The van der Waals surface area contributed by atoms with Gasteiger partial charge in [0.1, 0.15) is 22.8 Å². The van der Waals surface area contributed by atoms with Gasteiger partial charge in [-0.2, -0.15) is 0 Å². The van der Waals surface area contributed by atoms with Crippen molar-refractivity contribution in [1.82, 2.24) is 0 Å². The Morgan fingerprint density at radius 3 is 2.13 bits per heavy atom. The molecule has 0 aliphatic rings. The van der Waals surface area contributed by atoms with Crippen LogP contribution in [0.15, 0.2) is 60.7 Å². The Morgan fingerprint density at radius 2 is 1.53 bits per heavy atom. The smallest absolute Gasteiger partial charge is 0.347 e. The van der Waals surface area contributed by atoms with Crippen molar-refractivity contribution in [2.45, 2.75) is 45.8 Å². The second-order valence-electron chi connectivity index (χ2n) is 9.01. The quantitative estimate of drug-likeness (QED) is 0.270. The normalized spacial score (nSPS) is 12.2. The number of aromatic hydroxyl groups is 1. The molecule has 5 heteroatoms. The molecule has 0 atom stereocenters. The molecule has 0 aliphatic heterocycles. The van der Waals surface area contributed by atoms with Crippen LogP contribution < -0.4 is 9.16 Å². The van der Waals surface area contributed by atoms with Gasteiger partial charge in [0.2, 0.25) is 0 Å². The van der Waals surface area contributed by atoms with Gasteiger partial charge in [0.25, 0.3) is 8.32 Å². The highest BCUT2D eigenvalue weighted by atomic mass is 28.4. The zero-order chi connectivity index (χ0) is 22.1. The fraction of sp³-hybridized carbons (Fsp3) is 0.320. The van der Waals surface area contributed by atoms with Gasteiger partial charge >= 0.3 is 5.97 Å². The van der Waals surface area contributed by atoms with Crippen LogP contribution in [0, 0.1) is 5.92 Å². The number of benzene rings is 3. The molecule has 158 valence electrons. The van der Waals surface area contributed by atoms with Crippen molar-refractivity contribution in [3.05, 3.63) is 66.2 Å². The average molecular weight is 423 g/mol. The van der Waals surface area contributed by atoms with E-state index in [-0.39, 0.29) is 16.4 Å². The molecule has 3 aromatic rings. The summed E-state index contributed by atoms with van der Waals surface area (Å²) in [6.07, 6.45) is 0. The van der Waals surface area contributed by atoms with Gasteiger partial charge in [-0.1, -0.05) is 70.2 Å². The van der Waals surface area contributed by atoms with Crippen molar-refractivity contribution < 1.29 is 19.1 Å². The van der Waals surface area contributed by atoms with Gasteiger partial charge in [0, 0.05) is 10.8 Å². The van der Waals surface area contributed by atoms with Crippen LogP contribution in [0.3, 0.4) is 0 Å². The second-order valence-corrected chi connectivity index (χ2v) is 13.5. The number of hydrogen-bond acceptors (Lipinski definition) is 4. The third-order valence-electron chi connectivity index (χ3n) is 6.51. The van der Waals surface area contributed by atoms with E-state index < -0.39 is 14.3 Å². The number of carbonyl (C=O) groups excluding carboxylic acids is 1. The van der Waals surface area contributed by atoms with Crippen molar-refractivity contribution in [3.63, 3.8) is 0 Å². The number of para-hydroxylation sites is 1. The van der Waals surface area contributed by atoms with E-state index in [1.54, 1.807) is 36.4 Å². The van der Waals surface area contributed by atoms with E-state index in [9.17, 15) is 9.90 Å². The van der Waals surface area contributed by atoms with Crippen molar-refractivity contribution >= 4 is 25.1 Å². The Kier molecular flexibility index (Phi) is 5.95. The van der Waals surface area contributed by atoms with Crippen LogP contribution in [0.4, 0.5) is 0 Å². The Morgan fingerprint density at radius 1 is 0.967 bits per heavy atom. The number of phenols is 1. The van der Waals surface area contributed by atoms with Gasteiger partial charge in [-0.15, -0.1) is 0 Å². The van der Waals surface area contributed by atoms with Crippen molar-refractivity contribution in [3.8, 4) is 17.2 Å². The molecule has 0 bridgehead atoms. The van der Waals surface area contributed by atoms with Crippen LogP contribution in [-0.4, -0.2) is 19.4 Å². The predicted molar refractivity (Wildman–Crippen MR) is 124 cm³/mol.